The van der Waals surface area contributed by atoms with Crippen molar-refractivity contribution in [2.75, 3.05) is 7.11 Å². The number of cyclic esters (lactones) is 1. The third kappa shape index (κ3) is 4.64. The van der Waals surface area contributed by atoms with E-state index in [9.17, 15) is 14.7 Å². The van der Waals surface area contributed by atoms with E-state index in [0.29, 0.717) is 42.7 Å². The summed E-state index contributed by atoms with van der Waals surface area (Å²) >= 11 is 0. The second kappa shape index (κ2) is 9.48. The Hall–Kier alpha value is -3.28. The van der Waals surface area contributed by atoms with Crippen LogP contribution in [0.15, 0.2) is 42.0 Å². The fraction of sp³-hybridized carbons (Fsp3) is 0.333. The number of nitrogens with one attached hydrogen (secondary N) is 1. The number of esters is 1. The minimum atomic E-state index is -0.509. The number of fused-ring (bicyclic) bond motifs is 1. The number of phenolic OH excluding ortho intramolecular Hbond substituents is 1. The maximum atomic E-state index is 12.1. The first-order valence-electron chi connectivity index (χ1n) is 9.97. The van der Waals surface area contributed by atoms with Crippen molar-refractivity contribution in [2.45, 2.75) is 46.3 Å². The van der Waals surface area contributed by atoms with Crippen molar-refractivity contribution in [3.8, 4) is 11.5 Å². The van der Waals surface area contributed by atoms with Gasteiger partial charge in [0.25, 0.3) is 0 Å². The van der Waals surface area contributed by atoms with E-state index < -0.39 is 5.97 Å². The molecule has 0 radical (unpaired) electrons. The average Bonchev–Trinajstić information content (AvgIpc) is 3.15. The Labute approximate surface area is 176 Å². The summed E-state index contributed by atoms with van der Waals surface area (Å²) in [5.74, 6) is -0.0396. The summed E-state index contributed by atoms with van der Waals surface area (Å²) < 4.78 is 10.6. The quantitative estimate of drug-likeness (QED) is 0.509. The molecular weight excluding hydrogens is 382 g/mol. The fourth-order valence-corrected chi connectivity index (χ4v) is 3.60. The smallest absolute Gasteiger partial charge is 0.342 e. The SMILES string of the molecule is COc1c(C)c2c(c(O)c1CC=C(C)CCC(=O)NCc1ccccc1)C(=O)OC2. The van der Waals surface area contributed by atoms with E-state index in [4.69, 9.17) is 9.47 Å². The summed E-state index contributed by atoms with van der Waals surface area (Å²) in [6.07, 6.45) is 3.34. The van der Waals surface area contributed by atoms with Gasteiger partial charge in [-0.3, -0.25) is 4.79 Å². The van der Waals surface area contributed by atoms with E-state index >= 15 is 0 Å². The Morgan fingerprint density at radius 3 is 2.70 bits per heavy atom. The summed E-state index contributed by atoms with van der Waals surface area (Å²) in [7, 11) is 1.54. The third-order valence-corrected chi connectivity index (χ3v) is 5.38. The molecule has 3 rings (SSSR count). The normalized spacial score (nSPS) is 13.0. The number of carbonyl (C=O) groups excluding carboxylic acids is 2. The van der Waals surface area contributed by atoms with Gasteiger partial charge in [0, 0.05) is 24.1 Å². The number of carbonyl (C=O) groups is 2. The lowest BCUT2D eigenvalue weighted by atomic mass is 9.94. The number of aromatic hydroxyl groups is 1. The zero-order valence-electron chi connectivity index (χ0n) is 17.6. The van der Waals surface area contributed by atoms with Crippen LogP contribution in [0.4, 0.5) is 0 Å². The van der Waals surface area contributed by atoms with Gasteiger partial charge in [0.2, 0.25) is 5.91 Å². The topological polar surface area (TPSA) is 84.9 Å². The third-order valence-electron chi connectivity index (χ3n) is 5.38. The van der Waals surface area contributed by atoms with Crippen LogP contribution in [0.25, 0.3) is 0 Å². The van der Waals surface area contributed by atoms with Crippen LogP contribution < -0.4 is 10.1 Å². The number of ether oxygens (including phenoxy) is 2. The van der Waals surface area contributed by atoms with Gasteiger partial charge in [-0.1, -0.05) is 42.0 Å². The van der Waals surface area contributed by atoms with E-state index in [0.717, 1.165) is 16.7 Å². The molecule has 0 aliphatic carbocycles. The van der Waals surface area contributed by atoms with E-state index in [1.54, 1.807) is 7.11 Å². The number of allylic oxidation sites excluding steroid dienone is 2. The zero-order valence-corrected chi connectivity index (χ0v) is 17.6. The molecule has 0 saturated carbocycles. The van der Waals surface area contributed by atoms with Gasteiger partial charge in [-0.25, -0.2) is 4.79 Å². The predicted octanol–water partition coefficient (Wildman–Crippen LogP) is 3.97. The average molecular weight is 409 g/mol. The number of benzene rings is 2. The first-order valence-corrected chi connectivity index (χ1v) is 9.97. The van der Waals surface area contributed by atoms with Crippen LogP contribution in [0.1, 0.15) is 52.4 Å². The molecule has 1 aliphatic rings. The molecule has 158 valence electrons. The van der Waals surface area contributed by atoms with Gasteiger partial charge in [-0.2, -0.15) is 0 Å². The molecule has 2 N–H and O–H groups in total. The molecule has 6 heteroatoms. The first kappa shape index (κ1) is 21.4. The summed E-state index contributed by atoms with van der Waals surface area (Å²) in [5.41, 5.74) is 4.35. The largest absolute Gasteiger partial charge is 0.507 e. The Bertz CT molecular complexity index is 979. The highest BCUT2D eigenvalue weighted by Gasteiger charge is 2.31. The molecule has 30 heavy (non-hydrogen) atoms. The van der Waals surface area contributed by atoms with Gasteiger partial charge in [0.05, 0.1) is 7.11 Å². The molecule has 2 aromatic carbocycles. The van der Waals surface area contributed by atoms with Crippen molar-refractivity contribution < 1.29 is 24.2 Å². The molecule has 1 amide bonds. The number of hydrogen-bond acceptors (Lipinski definition) is 5. The van der Waals surface area contributed by atoms with Crippen molar-refractivity contribution >= 4 is 11.9 Å². The number of methoxy groups -OCH3 is 1. The minimum Gasteiger partial charge on any atom is -0.507 e. The molecule has 0 saturated heterocycles. The molecule has 1 aliphatic heterocycles. The highest BCUT2D eigenvalue weighted by atomic mass is 16.5. The molecule has 6 nitrogen and oxygen atoms in total. The van der Waals surface area contributed by atoms with Gasteiger partial charge in [-0.15, -0.1) is 0 Å². The van der Waals surface area contributed by atoms with Crippen molar-refractivity contribution in [3.05, 3.63) is 69.8 Å². The van der Waals surface area contributed by atoms with Crippen LogP contribution in [-0.4, -0.2) is 24.1 Å². The van der Waals surface area contributed by atoms with Gasteiger partial charge in [0.15, 0.2) is 0 Å². The number of rotatable bonds is 8. The summed E-state index contributed by atoms with van der Waals surface area (Å²) in [5, 5.41) is 13.6. The Kier molecular flexibility index (Phi) is 6.77. The van der Waals surface area contributed by atoms with Crippen molar-refractivity contribution in [1.82, 2.24) is 5.32 Å². The molecule has 0 unspecified atom stereocenters. The highest BCUT2D eigenvalue weighted by Crippen LogP contribution is 2.42. The highest BCUT2D eigenvalue weighted by molar-refractivity contribution is 5.98. The molecule has 0 bridgehead atoms. The van der Waals surface area contributed by atoms with E-state index in [1.807, 2.05) is 50.3 Å². The number of amides is 1. The molecule has 1 heterocycles. The Morgan fingerprint density at radius 2 is 2.00 bits per heavy atom. The van der Waals surface area contributed by atoms with Gasteiger partial charge >= 0.3 is 5.97 Å². The Balaban J connectivity index is 1.63. The lowest BCUT2D eigenvalue weighted by molar-refractivity contribution is -0.121. The van der Waals surface area contributed by atoms with Crippen molar-refractivity contribution in [2.24, 2.45) is 0 Å². The van der Waals surface area contributed by atoms with Crippen LogP contribution >= 0.6 is 0 Å². The zero-order chi connectivity index (χ0) is 21.7. The van der Waals surface area contributed by atoms with E-state index in [1.165, 1.54) is 0 Å². The molecule has 0 aromatic heterocycles. The molecule has 0 atom stereocenters. The summed E-state index contributed by atoms with van der Waals surface area (Å²) in [4.78, 5) is 24.1. The number of phenols is 1. The van der Waals surface area contributed by atoms with Gasteiger partial charge in [-0.05, 0) is 37.8 Å². The second-order valence-electron chi connectivity index (χ2n) is 7.43. The van der Waals surface area contributed by atoms with Crippen LogP contribution in [0.5, 0.6) is 11.5 Å². The Morgan fingerprint density at radius 1 is 1.27 bits per heavy atom. The van der Waals surface area contributed by atoms with E-state index in [2.05, 4.69) is 5.32 Å². The molecule has 2 aromatic rings. The second-order valence-corrected chi connectivity index (χ2v) is 7.43. The van der Waals surface area contributed by atoms with E-state index in [-0.39, 0.29) is 23.8 Å². The first-order chi connectivity index (χ1) is 14.4. The fourth-order valence-electron chi connectivity index (χ4n) is 3.60. The van der Waals surface area contributed by atoms with Crippen molar-refractivity contribution in [3.63, 3.8) is 0 Å². The van der Waals surface area contributed by atoms with Crippen LogP contribution in [0.3, 0.4) is 0 Å². The predicted molar refractivity (Wildman–Crippen MR) is 113 cm³/mol. The standard InChI is InChI=1S/C24H27NO5/c1-15(10-12-20(26)25-13-17-7-5-4-6-8-17)9-11-18-22(27)21-19(14-30-24(21)28)16(2)23(18)29-3/h4-9,27H,10-14H2,1-3H3,(H,25,26). The molecule has 0 fully saturated rings. The summed E-state index contributed by atoms with van der Waals surface area (Å²) in [6.45, 7) is 4.47. The molecular formula is C24H27NO5. The van der Waals surface area contributed by atoms with Crippen LogP contribution in [0, 0.1) is 6.92 Å². The van der Waals surface area contributed by atoms with Crippen LogP contribution in [0.2, 0.25) is 0 Å². The summed E-state index contributed by atoms with van der Waals surface area (Å²) in [6, 6.07) is 9.77. The van der Waals surface area contributed by atoms with Gasteiger partial charge in [0.1, 0.15) is 23.7 Å². The lowest BCUT2D eigenvalue weighted by Gasteiger charge is -2.15. The van der Waals surface area contributed by atoms with Gasteiger partial charge < -0.3 is 19.9 Å². The van der Waals surface area contributed by atoms with Crippen molar-refractivity contribution in [1.29, 1.82) is 0 Å². The minimum absolute atomic E-state index is 0.0110. The lowest BCUT2D eigenvalue weighted by Crippen LogP contribution is -2.22. The van der Waals surface area contributed by atoms with Crippen LogP contribution in [-0.2, 0) is 29.1 Å². The maximum absolute atomic E-state index is 12.1. The number of hydrogen-bond donors (Lipinski definition) is 2. The maximum Gasteiger partial charge on any atom is 0.342 e. The molecule has 0 spiro atoms. The monoisotopic (exact) mass is 409 g/mol.